The normalized spacial score (nSPS) is 11.1. The zero-order valence-corrected chi connectivity index (χ0v) is 18.1. The minimum absolute atomic E-state index is 0.0252. The Balaban J connectivity index is 1.50. The zero-order valence-electron chi connectivity index (χ0n) is 18.1. The third-order valence-electron chi connectivity index (χ3n) is 5.37. The largest absolute Gasteiger partial charge is 0.457 e. The Bertz CT molecular complexity index is 1520. The molecule has 3 aromatic heterocycles. The monoisotopic (exact) mass is 440 g/mol. The van der Waals surface area contributed by atoms with Crippen LogP contribution in [0.25, 0.3) is 28.0 Å². The van der Waals surface area contributed by atoms with Gasteiger partial charge < -0.3 is 13.7 Å². The number of rotatable bonds is 5. The van der Waals surface area contributed by atoms with Crippen LogP contribution in [0.3, 0.4) is 0 Å². The minimum Gasteiger partial charge on any atom is -0.457 e. The average molecular weight is 440 g/mol. The van der Waals surface area contributed by atoms with Crippen molar-refractivity contribution in [2.75, 3.05) is 0 Å². The van der Waals surface area contributed by atoms with Gasteiger partial charge in [-0.1, -0.05) is 48.5 Å². The number of carbonyl (C=O) groups is 1. The second-order valence-corrected chi connectivity index (χ2v) is 7.60. The van der Waals surface area contributed by atoms with Gasteiger partial charge in [-0.2, -0.15) is 5.10 Å². The van der Waals surface area contributed by atoms with Crippen molar-refractivity contribution >= 4 is 17.1 Å². The van der Waals surface area contributed by atoms with E-state index >= 15 is 0 Å². The SMILES string of the molecule is Cc1oc2ncn(C)c(=O)c2c1C(=O)OCc1cn(-c2ccccc2)nc1-c1ccccc1. The van der Waals surface area contributed by atoms with Crippen LogP contribution in [0.5, 0.6) is 0 Å². The molecule has 8 heteroatoms. The van der Waals surface area contributed by atoms with Crippen molar-refractivity contribution < 1.29 is 13.9 Å². The Morgan fingerprint density at radius 3 is 2.48 bits per heavy atom. The van der Waals surface area contributed by atoms with E-state index in [9.17, 15) is 9.59 Å². The molecule has 0 atom stereocenters. The molecule has 0 aliphatic rings. The van der Waals surface area contributed by atoms with Gasteiger partial charge in [-0.15, -0.1) is 0 Å². The molecule has 0 saturated carbocycles. The van der Waals surface area contributed by atoms with Gasteiger partial charge in [0, 0.05) is 24.4 Å². The molecule has 5 rings (SSSR count). The molecule has 0 fully saturated rings. The van der Waals surface area contributed by atoms with E-state index in [0.717, 1.165) is 16.8 Å². The maximum Gasteiger partial charge on any atom is 0.342 e. The van der Waals surface area contributed by atoms with E-state index in [1.807, 2.05) is 66.9 Å². The molecule has 0 aliphatic heterocycles. The van der Waals surface area contributed by atoms with Crippen LogP contribution < -0.4 is 5.56 Å². The molecule has 5 aromatic rings. The molecule has 0 radical (unpaired) electrons. The number of aromatic nitrogens is 4. The second kappa shape index (κ2) is 8.23. The predicted molar refractivity (Wildman–Crippen MR) is 122 cm³/mol. The molecule has 33 heavy (non-hydrogen) atoms. The van der Waals surface area contributed by atoms with Gasteiger partial charge in [-0.05, 0) is 19.1 Å². The highest BCUT2D eigenvalue weighted by Gasteiger charge is 2.24. The molecule has 0 bridgehead atoms. The van der Waals surface area contributed by atoms with Crippen molar-refractivity contribution in [3.8, 4) is 16.9 Å². The Morgan fingerprint density at radius 2 is 1.76 bits per heavy atom. The first-order valence-corrected chi connectivity index (χ1v) is 10.3. The summed E-state index contributed by atoms with van der Waals surface area (Å²) in [5, 5.41) is 4.84. The Morgan fingerprint density at radius 1 is 1.06 bits per heavy atom. The standard InChI is InChI=1S/C25H20N4O4/c1-16-20(21-23(33-16)26-15-28(2)24(21)30)25(31)32-14-18-13-29(19-11-7-4-8-12-19)27-22(18)17-9-5-3-6-10-17/h3-13,15H,14H2,1-2H3. The summed E-state index contributed by atoms with van der Waals surface area (Å²) >= 11 is 0. The Hall–Kier alpha value is -4.46. The lowest BCUT2D eigenvalue weighted by Crippen LogP contribution is -2.19. The number of carbonyl (C=O) groups excluding carboxylic acids is 1. The van der Waals surface area contributed by atoms with Gasteiger partial charge in [0.1, 0.15) is 29.6 Å². The van der Waals surface area contributed by atoms with Gasteiger partial charge in [-0.25, -0.2) is 14.5 Å². The average Bonchev–Trinajstić information content (AvgIpc) is 3.42. The van der Waals surface area contributed by atoms with Gasteiger partial charge in [0.25, 0.3) is 5.56 Å². The maximum atomic E-state index is 13.0. The minimum atomic E-state index is -0.650. The summed E-state index contributed by atoms with van der Waals surface area (Å²) in [5.74, 6) is -0.364. The number of ether oxygens (including phenoxy) is 1. The predicted octanol–water partition coefficient (Wildman–Crippen LogP) is 4.04. The van der Waals surface area contributed by atoms with E-state index in [1.54, 1.807) is 18.7 Å². The summed E-state index contributed by atoms with van der Waals surface area (Å²) in [6, 6.07) is 19.4. The zero-order chi connectivity index (χ0) is 22.9. The first-order valence-electron chi connectivity index (χ1n) is 10.3. The Labute approximate surface area is 188 Å². The van der Waals surface area contributed by atoms with Crippen molar-refractivity contribution in [2.45, 2.75) is 13.5 Å². The fourth-order valence-corrected chi connectivity index (χ4v) is 3.72. The molecule has 0 N–H and O–H groups in total. The first kappa shape index (κ1) is 20.4. The highest BCUT2D eigenvalue weighted by molar-refractivity contribution is 6.03. The number of para-hydroxylation sites is 1. The van der Waals surface area contributed by atoms with E-state index < -0.39 is 5.97 Å². The van der Waals surface area contributed by atoms with Crippen LogP contribution in [-0.4, -0.2) is 25.3 Å². The van der Waals surface area contributed by atoms with Crippen molar-refractivity contribution in [1.29, 1.82) is 0 Å². The van der Waals surface area contributed by atoms with Crippen molar-refractivity contribution in [3.05, 3.63) is 100 Å². The first-order chi connectivity index (χ1) is 16.0. The van der Waals surface area contributed by atoms with E-state index in [1.165, 1.54) is 10.9 Å². The number of aryl methyl sites for hydroxylation is 2. The van der Waals surface area contributed by atoms with Gasteiger partial charge in [-0.3, -0.25) is 4.79 Å². The number of fused-ring (bicyclic) bond motifs is 1. The number of esters is 1. The molecular weight excluding hydrogens is 420 g/mol. The van der Waals surface area contributed by atoms with Crippen molar-refractivity contribution in [1.82, 2.24) is 19.3 Å². The third kappa shape index (κ3) is 3.71. The molecular formula is C25H20N4O4. The van der Waals surface area contributed by atoms with E-state index in [4.69, 9.17) is 14.3 Å². The summed E-state index contributed by atoms with van der Waals surface area (Å²) in [4.78, 5) is 29.7. The van der Waals surface area contributed by atoms with E-state index in [0.29, 0.717) is 5.69 Å². The van der Waals surface area contributed by atoms with Crippen molar-refractivity contribution in [2.24, 2.45) is 7.05 Å². The molecule has 0 aliphatic carbocycles. The number of furan rings is 1. The number of nitrogens with zero attached hydrogens (tertiary/aromatic N) is 4. The quantitative estimate of drug-likeness (QED) is 0.383. The topological polar surface area (TPSA) is 92.1 Å². The number of hydrogen-bond donors (Lipinski definition) is 0. The van der Waals surface area contributed by atoms with Gasteiger partial charge in [0.05, 0.1) is 11.4 Å². The van der Waals surface area contributed by atoms with E-state index in [2.05, 4.69) is 4.98 Å². The molecule has 2 aromatic carbocycles. The maximum absolute atomic E-state index is 13.0. The lowest BCUT2D eigenvalue weighted by molar-refractivity contribution is 0.0473. The molecule has 164 valence electrons. The smallest absolute Gasteiger partial charge is 0.342 e. The lowest BCUT2D eigenvalue weighted by atomic mass is 10.1. The molecule has 8 nitrogen and oxygen atoms in total. The van der Waals surface area contributed by atoms with Crippen LogP contribution in [-0.2, 0) is 18.4 Å². The molecule has 0 saturated heterocycles. The van der Waals surface area contributed by atoms with Crippen LogP contribution in [0.15, 0.2) is 82.4 Å². The summed E-state index contributed by atoms with van der Waals surface area (Å²) in [6.07, 6.45) is 3.19. The summed E-state index contributed by atoms with van der Waals surface area (Å²) < 4.78 is 14.2. The molecule has 0 spiro atoms. The highest BCUT2D eigenvalue weighted by atomic mass is 16.5. The second-order valence-electron chi connectivity index (χ2n) is 7.60. The van der Waals surface area contributed by atoms with Crippen molar-refractivity contribution in [3.63, 3.8) is 0 Å². The van der Waals surface area contributed by atoms with Crippen LogP contribution in [0.4, 0.5) is 0 Å². The molecule has 3 heterocycles. The van der Waals surface area contributed by atoms with Crippen LogP contribution in [0.2, 0.25) is 0 Å². The molecule has 0 amide bonds. The third-order valence-corrected chi connectivity index (χ3v) is 5.37. The fourth-order valence-electron chi connectivity index (χ4n) is 3.72. The number of hydrogen-bond acceptors (Lipinski definition) is 6. The lowest BCUT2D eigenvalue weighted by Gasteiger charge is -2.05. The van der Waals surface area contributed by atoms with Crippen LogP contribution in [0, 0.1) is 6.92 Å². The van der Waals surface area contributed by atoms with Gasteiger partial charge in [0.15, 0.2) is 0 Å². The summed E-state index contributed by atoms with van der Waals surface area (Å²) in [7, 11) is 1.57. The number of benzene rings is 2. The summed E-state index contributed by atoms with van der Waals surface area (Å²) in [5.41, 5.74) is 3.07. The van der Waals surface area contributed by atoms with Gasteiger partial charge in [0.2, 0.25) is 5.71 Å². The highest BCUT2D eigenvalue weighted by Crippen LogP contribution is 2.26. The van der Waals surface area contributed by atoms with Crippen LogP contribution >= 0.6 is 0 Å². The van der Waals surface area contributed by atoms with Crippen LogP contribution in [0.1, 0.15) is 21.7 Å². The molecule has 0 unspecified atom stereocenters. The van der Waals surface area contributed by atoms with Gasteiger partial charge >= 0.3 is 5.97 Å². The fraction of sp³-hybridized carbons (Fsp3) is 0.120. The van der Waals surface area contributed by atoms with E-state index in [-0.39, 0.29) is 34.6 Å². The summed E-state index contributed by atoms with van der Waals surface area (Å²) in [6.45, 7) is 1.59. The Kier molecular flexibility index (Phi) is 5.10.